The third-order valence-electron chi connectivity index (χ3n) is 2.66. The fourth-order valence-electron chi connectivity index (χ4n) is 1.53. The van der Waals surface area contributed by atoms with Crippen molar-refractivity contribution in [2.75, 3.05) is 12.8 Å². The van der Waals surface area contributed by atoms with E-state index in [1.807, 2.05) is 0 Å². The maximum absolute atomic E-state index is 13.6. The van der Waals surface area contributed by atoms with E-state index in [0.717, 1.165) is 4.31 Å². The lowest BCUT2D eigenvalue weighted by molar-refractivity contribution is 0.389. The summed E-state index contributed by atoms with van der Waals surface area (Å²) >= 11 is 4.59. The minimum Gasteiger partial charge on any atom is -0.392 e. The zero-order valence-corrected chi connectivity index (χ0v) is 11.8. The molecule has 0 fully saturated rings. The van der Waals surface area contributed by atoms with Crippen molar-refractivity contribution in [3.63, 3.8) is 0 Å². The summed E-state index contributed by atoms with van der Waals surface area (Å²) in [7, 11) is -2.24. The van der Waals surface area contributed by atoms with Crippen LogP contribution in [0.3, 0.4) is 0 Å². The summed E-state index contributed by atoms with van der Waals surface area (Å²) in [5.41, 5.74) is 5.55. The first-order chi connectivity index (χ1) is 8.25. The lowest BCUT2D eigenvalue weighted by atomic mass is 10.1. The zero-order valence-electron chi connectivity index (χ0n) is 10.1. The second-order valence-corrected chi connectivity index (χ2v) is 6.49. The molecule has 0 aliphatic heterocycles. The van der Waals surface area contributed by atoms with Gasteiger partial charge in [0.1, 0.15) is 11.6 Å². The smallest absolute Gasteiger partial charge is 0.220 e. The van der Waals surface area contributed by atoms with Crippen molar-refractivity contribution in [3.8, 4) is 0 Å². The highest BCUT2D eigenvalue weighted by Crippen LogP contribution is 2.23. The highest BCUT2D eigenvalue weighted by molar-refractivity contribution is 7.92. The molecule has 0 radical (unpaired) electrons. The maximum atomic E-state index is 13.6. The number of sulfonamides is 1. The van der Waals surface area contributed by atoms with Crippen molar-refractivity contribution in [3.05, 3.63) is 35.6 Å². The summed E-state index contributed by atoms with van der Waals surface area (Å²) in [4.78, 5) is -0.109. The molecule has 0 saturated carbocycles. The molecule has 1 aromatic rings. The van der Waals surface area contributed by atoms with Gasteiger partial charge in [-0.15, -0.1) is 0 Å². The van der Waals surface area contributed by atoms with Gasteiger partial charge in [0.15, 0.2) is 0 Å². The Labute approximate surface area is 112 Å². The summed E-state index contributed by atoms with van der Waals surface area (Å²) in [5, 5.41) is 0. The molecular formula is C11H15FN2O2S2. The Balaban J connectivity index is 3.01. The van der Waals surface area contributed by atoms with E-state index in [4.69, 9.17) is 5.73 Å². The third kappa shape index (κ3) is 3.47. The lowest BCUT2D eigenvalue weighted by Gasteiger charge is -2.24. The highest BCUT2D eigenvalue weighted by Gasteiger charge is 2.26. The van der Waals surface area contributed by atoms with Crippen LogP contribution in [0.5, 0.6) is 0 Å². The van der Waals surface area contributed by atoms with E-state index in [9.17, 15) is 12.8 Å². The quantitative estimate of drug-likeness (QED) is 0.833. The highest BCUT2D eigenvalue weighted by atomic mass is 32.2. The van der Waals surface area contributed by atoms with Gasteiger partial charge in [-0.1, -0.05) is 30.4 Å². The number of nitrogens with zero attached hydrogens (tertiary/aromatic N) is 1. The minimum atomic E-state index is -3.62. The van der Waals surface area contributed by atoms with Gasteiger partial charge in [-0.05, 0) is 13.0 Å². The van der Waals surface area contributed by atoms with E-state index in [2.05, 4.69) is 12.2 Å². The molecule has 0 aromatic heterocycles. The first-order valence-corrected chi connectivity index (χ1v) is 7.26. The predicted molar refractivity (Wildman–Crippen MR) is 73.2 cm³/mol. The van der Waals surface area contributed by atoms with Crippen LogP contribution in [0, 0.1) is 5.82 Å². The molecule has 0 amide bonds. The third-order valence-corrected chi connectivity index (χ3v) is 4.86. The number of rotatable bonds is 5. The molecule has 0 saturated heterocycles. The van der Waals surface area contributed by atoms with E-state index in [1.165, 1.54) is 13.1 Å². The first kappa shape index (κ1) is 15.0. The summed E-state index contributed by atoms with van der Waals surface area (Å²) in [6.07, 6.45) is 0. The Morgan fingerprint density at radius 3 is 2.56 bits per heavy atom. The topological polar surface area (TPSA) is 63.4 Å². The average Bonchev–Trinajstić information content (AvgIpc) is 2.26. The Bertz CT molecular complexity index is 546. The molecule has 0 spiro atoms. The molecule has 0 aliphatic rings. The maximum Gasteiger partial charge on any atom is 0.220 e. The van der Waals surface area contributed by atoms with Crippen LogP contribution in [0.4, 0.5) is 4.39 Å². The van der Waals surface area contributed by atoms with Gasteiger partial charge >= 0.3 is 0 Å². The Kier molecular flexibility index (Phi) is 4.78. The van der Waals surface area contributed by atoms with Crippen LogP contribution in [0.1, 0.15) is 18.5 Å². The van der Waals surface area contributed by atoms with E-state index in [0.29, 0.717) is 5.56 Å². The molecule has 0 heterocycles. The van der Waals surface area contributed by atoms with E-state index in [-0.39, 0.29) is 4.99 Å². The van der Waals surface area contributed by atoms with Gasteiger partial charge in [0, 0.05) is 18.7 Å². The Morgan fingerprint density at radius 2 is 2.06 bits per heavy atom. The standard InChI is InChI=1S/C11H15FN2O2S2/c1-8(9-5-3-4-6-10(9)12)14(2)18(15,16)7-11(13)17/h3-6,8H,7H2,1-2H3,(H2,13,17). The van der Waals surface area contributed by atoms with Crippen molar-refractivity contribution in [2.45, 2.75) is 13.0 Å². The van der Waals surface area contributed by atoms with E-state index < -0.39 is 27.6 Å². The van der Waals surface area contributed by atoms with Crippen LogP contribution >= 0.6 is 12.2 Å². The van der Waals surface area contributed by atoms with Crippen molar-refractivity contribution in [2.24, 2.45) is 5.73 Å². The average molecular weight is 290 g/mol. The zero-order chi connectivity index (χ0) is 13.9. The molecule has 4 nitrogen and oxygen atoms in total. The van der Waals surface area contributed by atoms with Crippen LogP contribution in [0.25, 0.3) is 0 Å². The van der Waals surface area contributed by atoms with Gasteiger partial charge in [0.05, 0.1) is 4.99 Å². The SMILES string of the molecule is CC(c1ccccc1F)N(C)S(=O)(=O)CC(N)=S. The van der Waals surface area contributed by atoms with Gasteiger partial charge in [-0.3, -0.25) is 0 Å². The summed E-state index contributed by atoms with van der Waals surface area (Å²) in [6.45, 7) is 1.61. The van der Waals surface area contributed by atoms with Crippen LogP contribution < -0.4 is 5.73 Å². The molecule has 100 valence electrons. The van der Waals surface area contributed by atoms with Gasteiger partial charge in [-0.2, -0.15) is 4.31 Å². The second-order valence-electron chi connectivity index (χ2n) is 3.94. The molecule has 1 atom stereocenters. The molecule has 2 N–H and O–H groups in total. The fraction of sp³-hybridized carbons (Fsp3) is 0.364. The summed E-state index contributed by atoms with van der Waals surface area (Å²) < 4.78 is 38.5. The van der Waals surface area contributed by atoms with Crippen molar-refractivity contribution < 1.29 is 12.8 Å². The number of nitrogens with two attached hydrogens (primary N) is 1. The molecule has 7 heteroatoms. The van der Waals surface area contributed by atoms with E-state index >= 15 is 0 Å². The van der Waals surface area contributed by atoms with Crippen molar-refractivity contribution in [1.82, 2.24) is 4.31 Å². The Hall–Kier alpha value is -1.05. The van der Waals surface area contributed by atoms with Gasteiger partial charge < -0.3 is 5.73 Å². The second kappa shape index (κ2) is 5.73. The summed E-state index contributed by atoms with van der Waals surface area (Å²) in [6, 6.07) is 5.43. The normalized spacial score (nSPS) is 13.6. The number of benzene rings is 1. The largest absolute Gasteiger partial charge is 0.392 e. The van der Waals surface area contributed by atoms with E-state index in [1.54, 1.807) is 25.1 Å². The molecule has 18 heavy (non-hydrogen) atoms. The summed E-state index contributed by atoms with van der Waals surface area (Å²) in [5.74, 6) is -0.861. The van der Waals surface area contributed by atoms with Crippen LogP contribution in [-0.2, 0) is 10.0 Å². The van der Waals surface area contributed by atoms with Crippen molar-refractivity contribution >= 4 is 27.2 Å². The lowest BCUT2D eigenvalue weighted by Crippen LogP contribution is -2.36. The Morgan fingerprint density at radius 1 is 1.50 bits per heavy atom. The van der Waals surface area contributed by atoms with Gasteiger partial charge in [0.25, 0.3) is 0 Å². The van der Waals surface area contributed by atoms with Crippen LogP contribution in [0.2, 0.25) is 0 Å². The molecule has 1 rings (SSSR count). The number of hydrogen-bond acceptors (Lipinski definition) is 3. The number of thiocarbonyl (C=S) groups is 1. The van der Waals surface area contributed by atoms with Gasteiger partial charge in [-0.25, -0.2) is 12.8 Å². The van der Waals surface area contributed by atoms with Crippen LogP contribution in [0.15, 0.2) is 24.3 Å². The number of halogens is 1. The molecule has 1 aromatic carbocycles. The molecule has 0 aliphatic carbocycles. The fourth-order valence-corrected chi connectivity index (χ4v) is 3.14. The first-order valence-electron chi connectivity index (χ1n) is 5.24. The molecule has 1 unspecified atom stereocenters. The molecular weight excluding hydrogens is 275 g/mol. The number of hydrogen-bond donors (Lipinski definition) is 1. The monoisotopic (exact) mass is 290 g/mol. The van der Waals surface area contributed by atoms with Crippen LogP contribution in [-0.4, -0.2) is 30.5 Å². The predicted octanol–water partition coefficient (Wildman–Crippen LogP) is 1.43. The van der Waals surface area contributed by atoms with Crippen molar-refractivity contribution in [1.29, 1.82) is 0 Å². The molecule has 0 bridgehead atoms. The minimum absolute atomic E-state index is 0.109. The van der Waals surface area contributed by atoms with Gasteiger partial charge in [0.2, 0.25) is 10.0 Å².